The van der Waals surface area contributed by atoms with E-state index in [-0.39, 0.29) is 11.3 Å². The number of nitrogens with zero attached hydrogens (tertiary/aromatic N) is 1. The van der Waals surface area contributed by atoms with E-state index >= 15 is 0 Å². The Labute approximate surface area is 180 Å². The summed E-state index contributed by atoms with van der Waals surface area (Å²) in [5, 5.41) is 11.0. The quantitative estimate of drug-likeness (QED) is 0.250. The molecule has 1 unspecified atom stereocenters. The van der Waals surface area contributed by atoms with Gasteiger partial charge in [-0.3, -0.25) is 9.59 Å². The first-order valence-corrected chi connectivity index (χ1v) is 10.8. The summed E-state index contributed by atoms with van der Waals surface area (Å²) in [7, 11) is 0. The number of aryl methyl sites for hydroxylation is 1. The Morgan fingerprint density at radius 3 is 2.28 bits per heavy atom. The van der Waals surface area contributed by atoms with E-state index in [0.717, 1.165) is 41.3 Å². The molecule has 0 bridgehead atoms. The first kappa shape index (κ1) is 21.3. The van der Waals surface area contributed by atoms with Gasteiger partial charge in [0.1, 0.15) is 5.76 Å². The monoisotopic (exact) mass is 455 g/mol. The van der Waals surface area contributed by atoms with Crippen LogP contribution in [0.4, 0.5) is 0 Å². The SMILES string of the molecule is CCCCCCN1C(=O)C(=O)/C(=C(/O)c2ccc(C)cc2)C1c1ccc(Br)cc1. The van der Waals surface area contributed by atoms with Crippen molar-refractivity contribution in [2.45, 2.75) is 45.6 Å². The van der Waals surface area contributed by atoms with Gasteiger partial charge in [0.25, 0.3) is 11.7 Å². The number of likely N-dealkylation sites (tertiary alicyclic amines) is 1. The molecular formula is C24H26BrNO3. The van der Waals surface area contributed by atoms with Gasteiger partial charge in [0, 0.05) is 16.6 Å². The lowest BCUT2D eigenvalue weighted by Gasteiger charge is -2.25. The number of halogens is 1. The van der Waals surface area contributed by atoms with Crippen LogP contribution in [-0.4, -0.2) is 28.2 Å². The van der Waals surface area contributed by atoms with Crippen LogP contribution in [0, 0.1) is 6.92 Å². The third kappa shape index (κ3) is 4.61. The maximum atomic E-state index is 12.9. The van der Waals surface area contributed by atoms with E-state index in [1.807, 2.05) is 43.3 Å². The Morgan fingerprint density at radius 2 is 1.66 bits per heavy atom. The van der Waals surface area contributed by atoms with Gasteiger partial charge in [-0.2, -0.15) is 0 Å². The van der Waals surface area contributed by atoms with Gasteiger partial charge in [-0.1, -0.05) is 84.1 Å². The number of hydrogen-bond donors (Lipinski definition) is 1. The predicted octanol–water partition coefficient (Wildman–Crippen LogP) is 5.76. The number of unbranched alkanes of at least 4 members (excludes halogenated alkanes) is 3. The molecule has 0 spiro atoms. The van der Waals surface area contributed by atoms with Gasteiger partial charge < -0.3 is 10.0 Å². The minimum Gasteiger partial charge on any atom is -0.507 e. The van der Waals surface area contributed by atoms with Gasteiger partial charge in [-0.15, -0.1) is 0 Å². The smallest absolute Gasteiger partial charge is 0.295 e. The third-order valence-electron chi connectivity index (χ3n) is 5.30. The fourth-order valence-corrected chi connectivity index (χ4v) is 3.94. The lowest BCUT2D eigenvalue weighted by atomic mass is 9.95. The van der Waals surface area contributed by atoms with Crippen molar-refractivity contribution in [2.75, 3.05) is 6.54 Å². The number of hydrogen-bond acceptors (Lipinski definition) is 3. The first-order valence-electron chi connectivity index (χ1n) is 10.0. The van der Waals surface area contributed by atoms with Crippen molar-refractivity contribution in [3.05, 3.63) is 75.3 Å². The fraction of sp³-hybridized carbons (Fsp3) is 0.333. The molecule has 1 aliphatic rings. The molecule has 2 aromatic carbocycles. The van der Waals surface area contributed by atoms with Crippen LogP contribution in [0.1, 0.15) is 55.3 Å². The Balaban J connectivity index is 2.05. The Kier molecular flexibility index (Phi) is 6.91. The lowest BCUT2D eigenvalue weighted by Crippen LogP contribution is -2.30. The van der Waals surface area contributed by atoms with Crippen molar-refractivity contribution in [3.8, 4) is 0 Å². The Hall–Kier alpha value is -2.40. The normalized spacial score (nSPS) is 18.4. The van der Waals surface area contributed by atoms with Crippen molar-refractivity contribution in [1.82, 2.24) is 4.90 Å². The molecule has 4 nitrogen and oxygen atoms in total. The minimum atomic E-state index is -0.619. The van der Waals surface area contributed by atoms with Gasteiger partial charge in [0.15, 0.2) is 0 Å². The van der Waals surface area contributed by atoms with Crippen LogP contribution >= 0.6 is 15.9 Å². The van der Waals surface area contributed by atoms with E-state index in [1.54, 1.807) is 17.0 Å². The molecule has 0 radical (unpaired) electrons. The average Bonchev–Trinajstić information content (AvgIpc) is 2.96. The summed E-state index contributed by atoms with van der Waals surface area (Å²) in [6, 6.07) is 14.3. The van der Waals surface area contributed by atoms with Crippen LogP contribution in [0.2, 0.25) is 0 Å². The number of ketones is 1. The summed E-state index contributed by atoms with van der Waals surface area (Å²) in [4.78, 5) is 27.4. The zero-order valence-electron chi connectivity index (χ0n) is 16.8. The number of carbonyl (C=O) groups is 2. The zero-order valence-corrected chi connectivity index (χ0v) is 18.4. The van der Waals surface area contributed by atoms with Gasteiger partial charge >= 0.3 is 0 Å². The summed E-state index contributed by atoms with van der Waals surface area (Å²) in [5.74, 6) is -1.28. The van der Waals surface area contributed by atoms with E-state index in [2.05, 4.69) is 22.9 Å². The van der Waals surface area contributed by atoms with Crippen LogP contribution in [-0.2, 0) is 9.59 Å². The zero-order chi connectivity index (χ0) is 21.0. The molecule has 152 valence electrons. The number of carbonyl (C=O) groups excluding carboxylic acids is 2. The van der Waals surface area contributed by atoms with Crippen LogP contribution in [0.5, 0.6) is 0 Å². The van der Waals surface area contributed by atoms with Gasteiger partial charge in [-0.05, 0) is 31.0 Å². The number of aliphatic hydroxyl groups excluding tert-OH is 1. The molecule has 29 heavy (non-hydrogen) atoms. The number of rotatable bonds is 7. The summed E-state index contributed by atoms with van der Waals surface area (Å²) in [5.41, 5.74) is 2.58. The molecule has 1 N–H and O–H groups in total. The second kappa shape index (κ2) is 9.40. The van der Waals surface area contributed by atoms with E-state index in [0.29, 0.717) is 12.1 Å². The van der Waals surface area contributed by atoms with Crippen molar-refractivity contribution >= 4 is 33.4 Å². The van der Waals surface area contributed by atoms with Crippen molar-refractivity contribution in [2.24, 2.45) is 0 Å². The average molecular weight is 456 g/mol. The van der Waals surface area contributed by atoms with Crippen LogP contribution in [0.3, 0.4) is 0 Å². The van der Waals surface area contributed by atoms with Gasteiger partial charge in [0.2, 0.25) is 0 Å². The van der Waals surface area contributed by atoms with E-state index in [4.69, 9.17) is 0 Å². The van der Waals surface area contributed by atoms with Crippen molar-refractivity contribution in [3.63, 3.8) is 0 Å². The fourth-order valence-electron chi connectivity index (χ4n) is 3.68. The van der Waals surface area contributed by atoms with E-state index in [1.165, 1.54) is 0 Å². The topological polar surface area (TPSA) is 57.6 Å². The molecule has 3 rings (SSSR count). The maximum absolute atomic E-state index is 12.9. The first-order chi connectivity index (χ1) is 13.9. The van der Waals surface area contributed by atoms with Crippen molar-refractivity contribution < 1.29 is 14.7 Å². The van der Waals surface area contributed by atoms with Crippen LogP contribution < -0.4 is 0 Å². The highest BCUT2D eigenvalue weighted by Crippen LogP contribution is 2.39. The summed E-state index contributed by atoms with van der Waals surface area (Å²) >= 11 is 3.43. The second-order valence-corrected chi connectivity index (χ2v) is 8.39. The van der Waals surface area contributed by atoms with Crippen LogP contribution in [0.25, 0.3) is 5.76 Å². The Morgan fingerprint density at radius 1 is 1.00 bits per heavy atom. The lowest BCUT2D eigenvalue weighted by molar-refractivity contribution is -0.139. The maximum Gasteiger partial charge on any atom is 0.295 e. The summed E-state index contributed by atoms with van der Waals surface area (Å²) < 4.78 is 0.916. The molecule has 1 heterocycles. The summed E-state index contributed by atoms with van der Waals surface area (Å²) in [6.07, 6.45) is 4.03. The summed E-state index contributed by atoms with van der Waals surface area (Å²) in [6.45, 7) is 4.59. The number of Topliss-reactive ketones (excluding diaryl/α,β-unsaturated/α-hetero) is 1. The minimum absolute atomic E-state index is 0.118. The van der Waals surface area contributed by atoms with Gasteiger partial charge in [0.05, 0.1) is 11.6 Å². The number of benzene rings is 2. The molecule has 0 saturated carbocycles. The molecular weight excluding hydrogens is 430 g/mol. The van der Waals surface area contributed by atoms with Gasteiger partial charge in [-0.25, -0.2) is 0 Å². The van der Waals surface area contributed by atoms with Crippen LogP contribution in [0.15, 0.2) is 58.6 Å². The Bertz CT molecular complexity index is 916. The number of amides is 1. The van der Waals surface area contributed by atoms with E-state index < -0.39 is 17.7 Å². The molecule has 1 atom stereocenters. The standard InChI is InChI=1S/C24H26BrNO3/c1-3-4-5-6-15-26-21(17-11-13-19(25)14-12-17)20(23(28)24(26)29)22(27)18-9-7-16(2)8-10-18/h7-14,21,27H,3-6,15H2,1-2H3/b22-20+. The van der Waals surface area contributed by atoms with Crippen molar-refractivity contribution in [1.29, 1.82) is 0 Å². The molecule has 1 amide bonds. The molecule has 1 saturated heterocycles. The number of aliphatic hydroxyl groups is 1. The molecule has 1 fully saturated rings. The molecule has 0 aromatic heterocycles. The molecule has 1 aliphatic heterocycles. The highest BCUT2D eigenvalue weighted by Gasteiger charge is 2.45. The predicted molar refractivity (Wildman–Crippen MR) is 118 cm³/mol. The highest BCUT2D eigenvalue weighted by molar-refractivity contribution is 9.10. The largest absolute Gasteiger partial charge is 0.507 e. The highest BCUT2D eigenvalue weighted by atomic mass is 79.9. The molecule has 5 heteroatoms. The third-order valence-corrected chi connectivity index (χ3v) is 5.83. The second-order valence-electron chi connectivity index (χ2n) is 7.47. The molecule has 2 aromatic rings. The molecule has 0 aliphatic carbocycles. The van der Waals surface area contributed by atoms with E-state index in [9.17, 15) is 14.7 Å².